The molecule has 0 saturated heterocycles. The van der Waals surface area contributed by atoms with Gasteiger partial charge in [-0.3, -0.25) is 4.79 Å². The van der Waals surface area contributed by atoms with E-state index in [9.17, 15) is 4.79 Å². The van der Waals surface area contributed by atoms with Crippen molar-refractivity contribution in [1.82, 2.24) is 0 Å². The number of carbonyl (C=O) groups excluding carboxylic acids is 1. The van der Waals surface area contributed by atoms with Crippen LogP contribution in [-0.4, -0.2) is 11.8 Å². The lowest BCUT2D eigenvalue weighted by molar-refractivity contribution is -0.116. The van der Waals surface area contributed by atoms with Crippen LogP contribution in [0.5, 0.6) is 0 Å². The predicted molar refractivity (Wildman–Crippen MR) is 106 cm³/mol. The molecule has 4 heteroatoms. The summed E-state index contributed by atoms with van der Waals surface area (Å²) in [5.74, 6) is -0.105. The maximum atomic E-state index is 12.8. The van der Waals surface area contributed by atoms with Gasteiger partial charge >= 0.3 is 0 Å². The Hall–Kier alpha value is -1.32. The molecule has 0 aliphatic heterocycles. The first-order valence-corrected chi connectivity index (χ1v) is 9.61. The van der Waals surface area contributed by atoms with E-state index < -0.39 is 0 Å². The number of benzene rings is 2. The fraction of sp³-hybridized carbons (Fsp3) is 0.350. The van der Waals surface area contributed by atoms with Gasteiger partial charge in [0.1, 0.15) is 5.88 Å². The number of amides is 1. The number of alkyl halides is 1. The molecule has 0 radical (unpaired) electrons. The van der Waals surface area contributed by atoms with Crippen molar-refractivity contribution in [3.8, 4) is 0 Å². The van der Waals surface area contributed by atoms with E-state index in [1.807, 2.05) is 29.2 Å². The summed E-state index contributed by atoms with van der Waals surface area (Å²) in [6.07, 6.45) is 1.75. The van der Waals surface area contributed by atoms with Gasteiger partial charge < -0.3 is 4.90 Å². The van der Waals surface area contributed by atoms with E-state index in [4.69, 9.17) is 11.6 Å². The summed E-state index contributed by atoms with van der Waals surface area (Å²) >= 11 is 9.57. The van der Waals surface area contributed by atoms with Crippen LogP contribution in [0.1, 0.15) is 43.5 Å². The Morgan fingerprint density at radius 3 is 2.17 bits per heavy atom. The molecule has 0 aliphatic carbocycles. The average molecular weight is 409 g/mol. The molecule has 0 spiro atoms. The topological polar surface area (TPSA) is 20.3 Å². The maximum Gasteiger partial charge on any atom is 0.242 e. The van der Waals surface area contributed by atoms with Gasteiger partial charge in [-0.25, -0.2) is 0 Å². The number of aryl methyl sites for hydroxylation is 2. The lowest BCUT2D eigenvalue weighted by atomic mass is 9.98. The number of rotatable bonds is 6. The molecule has 1 amide bonds. The van der Waals surface area contributed by atoms with Crippen molar-refractivity contribution in [1.29, 1.82) is 0 Å². The Bertz CT molecular complexity index is 694. The van der Waals surface area contributed by atoms with Crippen LogP contribution in [0.3, 0.4) is 0 Å². The average Bonchev–Trinajstić information content (AvgIpc) is 2.61. The highest BCUT2D eigenvalue weighted by atomic mass is 79.9. The summed E-state index contributed by atoms with van der Waals surface area (Å²) in [6, 6.07) is 14.2. The van der Waals surface area contributed by atoms with E-state index in [0.29, 0.717) is 0 Å². The second kappa shape index (κ2) is 8.68. The zero-order chi connectivity index (χ0) is 17.7. The van der Waals surface area contributed by atoms with Crippen LogP contribution >= 0.6 is 27.5 Å². The highest BCUT2D eigenvalue weighted by molar-refractivity contribution is 9.10. The van der Waals surface area contributed by atoms with Crippen molar-refractivity contribution in [3.05, 3.63) is 63.6 Å². The van der Waals surface area contributed by atoms with Gasteiger partial charge in [-0.1, -0.05) is 66.2 Å². The van der Waals surface area contributed by atoms with Gasteiger partial charge in [-0.15, -0.1) is 11.6 Å². The highest BCUT2D eigenvalue weighted by Gasteiger charge is 2.27. The lowest BCUT2D eigenvalue weighted by Crippen LogP contribution is -2.36. The van der Waals surface area contributed by atoms with Gasteiger partial charge in [0.15, 0.2) is 0 Å². The summed E-state index contributed by atoms with van der Waals surface area (Å²) in [5, 5.41) is 0. The van der Waals surface area contributed by atoms with Gasteiger partial charge in [0, 0.05) is 4.47 Å². The minimum Gasteiger partial charge on any atom is -0.304 e. The summed E-state index contributed by atoms with van der Waals surface area (Å²) in [4.78, 5) is 14.6. The van der Waals surface area contributed by atoms with E-state index in [2.05, 4.69) is 54.9 Å². The predicted octanol–water partition coefficient (Wildman–Crippen LogP) is 5.91. The summed E-state index contributed by atoms with van der Waals surface area (Å²) < 4.78 is 0.997. The molecule has 1 unspecified atom stereocenters. The Labute approximate surface area is 158 Å². The van der Waals surface area contributed by atoms with Crippen LogP contribution in [0.2, 0.25) is 0 Å². The number of hydrogen-bond donors (Lipinski definition) is 0. The molecule has 2 rings (SSSR count). The third kappa shape index (κ3) is 3.84. The number of carbonyl (C=O) groups is 1. The molecular weight excluding hydrogens is 386 g/mol. The van der Waals surface area contributed by atoms with Crippen LogP contribution < -0.4 is 4.90 Å². The van der Waals surface area contributed by atoms with Crippen molar-refractivity contribution in [2.24, 2.45) is 0 Å². The molecule has 2 nitrogen and oxygen atoms in total. The Kier molecular flexibility index (Phi) is 6.88. The molecule has 2 aromatic rings. The van der Waals surface area contributed by atoms with E-state index in [-0.39, 0.29) is 17.8 Å². The molecule has 0 saturated carbocycles. The number of anilines is 1. The van der Waals surface area contributed by atoms with Crippen LogP contribution in [0.4, 0.5) is 5.69 Å². The van der Waals surface area contributed by atoms with Crippen molar-refractivity contribution >= 4 is 39.1 Å². The zero-order valence-electron chi connectivity index (χ0n) is 14.4. The van der Waals surface area contributed by atoms with Crippen molar-refractivity contribution in [2.45, 2.75) is 39.7 Å². The first-order valence-electron chi connectivity index (χ1n) is 8.28. The number of halogens is 2. The summed E-state index contributed by atoms with van der Waals surface area (Å²) in [7, 11) is 0. The van der Waals surface area contributed by atoms with Crippen LogP contribution in [-0.2, 0) is 17.6 Å². The Balaban J connectivity index is 2.63. The van der Waals surface area contributed by atoms with E-state index in [1.54, 1.807) is 0 Å². The molecular formula is C20H23BrClNO. The Morgan fingerprint density at radius 1 is 1.08 bits per heavy atom. The molecule has 0 N–H and O–H groups in total. The van der Waals surface area contributed by atoms with Gasteiger partial charge in [0.2, 0.25) is 5.91 Å². The first kappa shape index (κ1) is 19.0. The fourth-order valence-corrected chi connectivity index (χ4v) is 3.82. The lowest BCUT2D eigenvalue weighted by Gasteiger charge is -2.33. The molecule has 1 atom stereocenters. The second-order valence-corrected chi connectivity index (χ2v) is 6.85. The van der Waals surface area contributed by atoms with Crippen LogP contribution in [0.15, 0.2) is 46.9 Å². The minimum atomic E-state index is -0.107. The molecule has 24 heavy (non-hydrogen) atoms. The summed E-state index contributed by atoms with van der Waals surface area (Å²) in [5.41, 5.74) is 4.43. The zero-order valence-corrected chi connectivity index (χ0v) is 16.7. The molecule has 0 aromatic heterocycles. The van der Waals surface area contributed by atoms with E-state index in [0.717, 1.165) is 28.6 Å². The smallest absolute Gasteiger partial charge is 0.242 e. The first-order chi connectivity index (χ1) is 11.5. The molecule has 0 aliphatic rings. The monoisotopic (exact) mass is 407 g/mol. The largest absolute Gasteiger partial charge is 0.304 e. The quantitative estimate of drug-likeness (QED) is 0.544. The normalized spacial score (nSPS) is 12.0. The molecule has 2 aromatic carbocycles. The van der Waals surface area contributed by atoms with Gasteiger partial charge in [-0.05, 0) is 42.5 Å². The standard InChI is InChI=1S/C20H23BrClNO/c1-4-15-9-8-10-16(5-2)20(15)23(19(24)13-22)14(3)17-11-6-7-12-18(17)21/h6-12,14H,4-5,13H2,1-3H3. The molecule has 0 heterocycles. The van der Waals surface area contributed by atoms with Gasteiger partial charge in [0.05, 0.1) is 11.7 Å². The Morgan fingerprint density at radius 2 is 1.67 bits per heavy atom. The van der Waals surface area contributed by atoms with E-state index >= 15 is 0 Å². The van der Waals surface area contributed by atoms with Crippen molar-refractivity contribution in [2.75, 3.05) is 10.8 Å². The van der Waals surface area contributed by atoms with Gasteiger partial charge in [-0.2, -0.15) is 0 Å². The summed E-state index contributed by atoms with van der Waals surface area (Å²) in [6.45, 7) is 6.28. The van der Waals surface area contributed by atoms with Crippen LogP contribution in [0.25, 0.3) is 0 Å². The molecule has 0 fully saturated rings. The fourth-order valence-electron chi connectivity index (χ4n) is 3.08. The highest BCUT2D eigenvalue weighted by Crippen LogP contribution is 2.36. The number of hydrogen-bond acceptors (Lipinski definition) is 1. The molecule has 128 valence electrons. The SMILES string of the molecule is CCc1cccc(CC)c1N(C(=O)CCl)C(C)c1ccccc1Br. The van der Waals surface area contributed by atoms with Crippen LogP contribution in [0, 0.1) is 0 Å². The number of para-hydroxylation sites is 1. The maximum absolute atomic E-state index is 12.8. The van der Waals surface area contributed by atoms with Gasteiger partial charge in [0.25, 0.3) is 0 Å². The number of nitrogens with zero attached hydrogens (tertiary/aromatic N) is 1. The van der Waals surface area contributed by atoms with Crippen molar-refractivity contribution < 1.29 is 4.79 Å². The van der Waals surface area contributed by atoms with Crippen molar-refractivity contribution in [3.63, 3.8) is 0 Å². The third-order valence-corrected chi connectivity index (χ3v) is 5.28. The van der Waals surface area contributed by atoms with E-state index in [1.165, 1.54) is 11.1 Å². The third-order valence-electron chi connectivity index (χ3n) is 4.33. The minimum absolute atomic E-state index is 0.0318. The second-order valence-electron chi connectivity index (χ2n) is 5.73. The molecule has 0 bridgehead atoms.